The van der Waals surface area contributed by atoms with E-state index in [4.69, 9.17) is 0 Å². The minimum Gasteiger partial charge on any atom is -0.294 e. The van der Waals surface area contributed by atoms with E-state index < -0.39 is 0 Å². The van der Waals surface area contributed by atoms with Crippen LogP contribution in [0, 0.1) is 5.92 Å². The standard InChI is InChI=1S/C12H15BrN2/c13-10-2-3-11(14-6-10)8-15-7-9-1-4-12(15)5-9/h2-3,6,9,12H,1,4-5,7-8H2. The van der Waals surface area contributed by atoms with Gasteiger partial charge in [0.15, 0.2) is 0 Å². The Bertz CT molecular complexity index is 349. The van der Waals surface area contributed by atoms with Gasteiger partial charge in [0.2, 0.25) is 0 Å². The Hall–Kier alpha value is -0.410. The molecule has 1 aromatic rings. The third kappa shape index (κ3) is 1.95. The Morgan fingerprint density at radius 2 is 2.33 bits per heavy atom. The van der Waals surface area contributed by atoms with Crippen LogP contribution in [0.2, 0.25) is 0 Å². The lowest BCUT2D eigenvalue weighted by Crippen LogP contribution is -2.31. The number of halogens is 1. The molecule has 0 spiro atoms. The smallest absolute Gasteiger partial charge is 0.0544 e. The summed E-state index contributed by atoms with van der Waals surface area (Å²) in [5.41, 5.74) is 1.20. The Morgan fingerprint density at radius 3 is 2.93 bits per heavy atom. The fraction of sp³-hybridized carbons (Fsp3) is 0.583. The normalized spacial score (nSPS) is 29.9. The van der Waals surface area contributed by atoms with Crippen LogP contribution < -0.4 is 0 Å². The molecule has 0 radical (unpaired) electrons. The molecule has 1 aromatic heterocycles. The van der Waals surface area contributed by atoms with Crippen LogP contribution in [0.5, 0.6) is 0 Å². The molecule has 3 rings (SSSR count). The molecular weight excluding hydrogens is 252 g/mol. The fourth-order valence-corrected chi connectivity index (χ4v) is 3.16. The van der Waals surface area contributed by atoms with Gasteiger partial charge < -0.3 is 0 Å². The van der Waals surface area contributed by atoms with Gasteiger partial charge in [-0.25, -0.2) is 0 Å². The first kappa shape index (κ1) is 9.79. The largest absolute Gasteiger partial charge is 0.294 e. The Balaban J connectivity index is 1.68. The van der Waals surface area contributed by atoms with Crippen LogP contribution in [0.4, 0.5) is 0 Å². The molecule has 80 valence electrons. The molecule has 2 heterocycles. The molecule has 2 aliphatic rings. The minimum atomic E-state index is 0.848. The summed E-state index contributed by atoms with van der Waals surface area (Å²) in [5.74, 6) is 0.977. The topological polar surface area (TPSA) is 16.1 Å². The first-order chi connectivity index (χ1) is 7.31. The Labute approximate surface area is 98.8 Å². The van der Waals surface area contributed by atoms with Crippen molar-refractivity contribution in [1.82, 2.24) is 9.88 Å². The molecule has 2 nitrogen and oxygen atoms in total. The molecule has 0 aromatic carbocycles. The molecule has 2 atom stereocenters. The lowest BCUT2D eigenvalue weighted by Gasteiger charge is -2.26. The number of fused-ring (bicyclic) bond motifs is 2. The van der Waals surface area contributed by atoms with Gasteiger partial charge in [0.25, 0.3) is 0 Å². The van der Waals surface area contributed by atoms with Crippen LogP contribution in [0.3, 0.4) is 0 Å². The summed E-state index contributed by atoms with van der Waals surface area (Å²) in [6.45, 7) is 2.33. The summed E-state index contributed by atoms with van der Waals surface area (Å²) >= 11 is 3.41. The van der Waals surface area contributed by atoms with Crippen molar-refractivity contribution in [2.45, 2.75) is 31.8 Å². The molecule has 0 N–H and O–H groups in total. The number of rotatable bonds is 2. The van der Waals surface area contributed by atoms with E-state index in [1.807, 2.05) is 6.20 Å². The maximum atomic E-state index is 4.44. The molecule has 3 heteroatoms. The summed E-state index contributed by atoms with van der Waals surface area (Å²) in [6, 6.07) is 5.05. The van der Waals surface area contributed by atoms with Crippen LogP contribution in [0.25, 0.3) is 0 Å². The van der Waals surface area contributed by atoms with Crippen LogP contribution >= 0.6 is 15.9 Å². The summed E-state index contributed by atoms with van der Waals surface area (Å²) in [4.78, 5) is 7.04. The summed E-state index contributed by atoms with van der Waals surface area (Å²) in [7, 11) is 0. The number of nitrogens with zero attached hydrogens (tertiary/aromatic N) is 2. The second kappa shape index (κ2) is 3.87. The summed E-state index contributed by atoms with van der Waals surface area (Å²) < 4.78 is 1.06. The predicted molar refractivity (Wildman–Crippen MR) is 63.5 cm³/mol. The van der Waals surface area contributed by atoms with Gasteiger partial charge in [0.1, 0.15) is 0 Å². The molecule has 1 aliphatic carbocycles. The Kier molecular flexibility index (Phi) is 2.53. The van der Waals surface area contributed by atoms with E-state index in [-0.39, 0.29) is 0 Å². The van der Waals surface area contributed by atoms with Gasteiger partial charge in [-0.1, -0.05) is 0 Å². The zero-order chi connectivity index (χ0) is 10.3. The minimum absolute atomic E-state index is 0.848. The molecular formula is C12H15BrN2. The van der Waals surface area contributed by atoms with Crippen LogP contribution in [-0.2, 0) is 6.54 Å². The summed E-state index contributed by atoms with van der Waals surface area (Å²) in [5, 5.41) is 0. The zero-order valence-corrected chi connectivity index (χ0v) is 10.3. The van der Waals surface area contributed by atoms with Gasteiger partial charge in [0, 0.05) is 29.8 Å². The van der Waals surface area contributed by atoms with Crippen molar-refractivity contribution in [3.05, 3.63) is 28.5 Å². The first-order valence-electron chi connectivity index (χ1n) is 5.66. The van der Waals surface area contributed by atoms with Gasteiger partial charge in [-0.3, -0.25) is 9.88 Å². The molecule has 2 fully saturated rings. The van der Waals surface area contributed by atoms with Crippen molar-refractivity contribution < 1.29 is 0 Å². The third-order valence-corrected chi connectivity index (χ3v) is 4.15. The van der Waals surface area contributed by atoms with E-state index in [2.05, 4.69) is 37.9 Å². The highest BCUT2D eigenvalue weighted by Gasteiger charge is 2.37. The number of aromatic nitrogens is 1. The number of hydrogen-bond donors (Lipinski definition) is 0. The predicted octanol–water partition coefficient (Wildman–Crippen LogP) is 2.83. The number of hydrogen-bond acceptors (Lipinski definition) is 2. The second-order valence-electron chi connectivity index (χ2n) is 4.73. The maximum Gasteiger partial charge on any atom is 0.0544 e. The summed E-state index contributed by atoms with van der Waals surface area (Å²) in [6.07, 6.45) is 6.18. The van der Waals surface area contributed by atoms with Gasteiger partial charge in [-0.05, 0) is 53.2 Å². The average molecular weight is 267 g/mol. The lowest BCUT2D eigenvalue weighted by atomic mass is 10.1. The van der Waals surface area contributed by atoms with Gasteiger partial charge in [-0.2, -0.15) is 0 Å². The van der Waals surface area contributed by atoms with Crippen molar-refractivity contribution in [2.24, 2.45) is 5.92 Å². The van der Waals surface area contributed by atoms with Crippen LogP contribution in [0.15, 0.2) is 22.8 Å². The highest BCUT2D eigenvalue weighted by atomic mass is 79.9. The molecule has 1 saturated carbocycles. The number of pyridine rings is 1. The molecule has 1 aliphatic heterocycles. The van der Waals surface area contributed by atoms with Crippen molar-refractivity contribution in [2.75, 3.05) is 6.54 Å². The highest BCUT2D eigenvalue weighted by molar-refractivity contribution is 9.10. The quantitative estimate of drug-likeness (QED) is 0.819. The van der Waals surface area contributed by atoms with E-state index in [0.29, 0.717) is 0 Å². The SMILES string of the molecule is Brc1ccc(CN2CC3CCC2C3)nc1. The number of likely N-dealkylation sites (tertiary alicyclic amines) is 1. The van der Waals surface area contributed by atoms with Crippen molar-refractivity contribution >= 4 is 15.9 Å². The van der Waals surface area contributed by atoms with E-state index >= 15 is 0 Å². The maximum absolute atomic E-state index is 4.44. The van der Waals surface area contributed by atoms with E-state index in [1.165, 1.54) is 31.5 Å². The van der Waals surface area contributed by atoms with Gasteiger partial charge in [-0.15, -0.1) is 0 Å². The molecule has 2 bridgehead atoms. The molecule has 1 saturated heterocycles. The Morgan fingerprint density at radius 1 is 1.40 bits per heavy atom. The van der Waals surface area contributed by atoms with E-state index in [0.717, 1.165) is 23.0 Å². The zero-order valence-electron chi connectivity index (χ0n) is 8.69. The van der Waals surface area contributed by atoms with E-state index in [9.17, 15) is 0 Å². The van der Waals surface area contributed by atoms with Gasteiger partial charge in [0.05, 0.1) is 5.69 Å². The van der Waals surface area contributed by atoms with Crippen LogP contribution in [-0.4, -0.2) is 22.5 Å². The second-order valence-corrected chi connectivity index (χ2v) is 5.65. The number of piperidine rings is 1. The molecule has 15 heavy (non-hydrogen) atoms. The lowest BCUT2D eigenvalue weighted by molar-refractivity contribution is 0.203. The fourth-order valence-electron chi connectivity index (χ4n) is 2.93. The first-order valence-corrected chi connectivity index (χ1v) is 6.45. The highest BCUT2D eigenvalue weighted by Crippen LogP contribution is 2.37. The average Bonchev–Trinajstić information content (AvgIpc) is 2.83. The van der Waals surface area contributed by atoms with Crippen molar-refractivity contribution in [1.29, 1.82) is 0 Å². The van der Waals surface area contributed by atoms with Crippen LogP contribution in [0.1, 0.15) is 25.0 Å². The molecule has 2 unspecified atom stereocenters. The third-order valence-electron chi connectivity index (χ3n) is 3.68. The molecule has 0 amide bonds. The monoisotopic (exact) mass is 266 g/mol. The van der Waals surface area contributed by atoms with Crippen molar-refractivity contribution in [3.63, 3.8) is 0 Å². The van der Waals surface area contributed by atoms with Crippen molar-refractivity contribution in [3.8, 4) is 0 Å². The van der Waals surface area contributed by atoms with Gasteiger partial charge >= 0.3 is 0 Å². The van der Waals surface area contributed by atoms with E-state index in [1.54, 1.807) is 0 Å².